The van der Waals surface area contributed by atoms with Crippen LogP contribution in [0.15, 0.2) is 11.9 Å². The van der Waals surface area contributed by atoms with Crippen molar-refractivity contribution in [3.05, 3.63) is 11.9 Å². The lowest BCUT2D eigenvalue weighted by Gasteiger charge is -2.00. The molecule has 17 heavy (non-hydrogen) atoms. The van der Waals surface area contributed by atoms with Crippen LogP contribution in [0.2, 0.25) is 0 Å². The highest BCUT2D eigenvalue weighted by atomic mass is 19.1. The summed E-state index contributed by atoms with van der Waals surface area (Å²) in [4.78, 5) is 22.1. The third-order valence-electron chi connectivity index (χ3n) is 3.50. The standard InChI is InChI=1S/C12H15FO4/c1-12(2)7(9(12)10(14)15)5-8(13)11(16)17-6-3-4-6/h5-7,9H,3-4H2,1-2H3,(H,14,15). The van der Waals surface area contributed by atoms with E-state index in [4.69, 9.17) is 9.84 Å². The van der Waals surface area contributed by atoms with E-state index in [1.54, 1.807) is 13.8 Å². The summed E-state index contributed by atoms with van der Waals surface area (Å²) >= 11 is 0. The molecule has 2 rings (SSSR count). The van der Waals surface area contributed by atoms with Crippen LogP contribution < -0.4 is 0 Å². The average Bonchev–Trinajstić information content (AvgIpc) is 3.06. The Morgan fingerprint density at radius 2 is 2.00 bits per heavy atom. The number of hydrogen-bond donors (Lipinski definition) is 1. The number of halogens is 1. The summed E-state index contributed by atoms with van der Waals surface area (Å²) in [7, 11) is 0. The summed E-state index contributed by atoms with van der Waals surface area (Å²) in [5.74, 6) is -3.97. The first-order valence-electron chi connectivity index (χ1n) is 5.65. The molecule has 0 heterocycles. The zero-order chi connectivity index (χ0) is 12.8. The van der Waals surface area contributed by atoms with Crippen LogP contribution >= 0.6 is 0 Å². The second kappa shape index (κ2) is 3.82. The van der Waals surface area contributed by atoms with Crippen molar-refractivity contribution in [3.63, 3.8) is 0 Å². The van der Waals surface area contributed by atoms with Gasteiger partial charge in [-0.15, -0.1) is 0 Å². The number of carboxylic acid groups (broad SMARTS) is 1. The van der Waals surface area contributed by atoms with Crippen molar-refractivity contribution in [1.82, 2.24) is 0 Å². The third kappa shape index (κ3) is 2.33. The van der Waals surface area contributed by atoms with Gasteiger partial charge in [-0.1, -0.05) is 13.8 Å². The Kier molecular flexibility index (Phi) is 2.72. The normalized spacial score (nSPS) is 30.9. The van der Waals surface area contributed by atoms with Crippen LogP contribution in [0.25, 0.3) is 0 Å². The van der Waals surface area contributed by atoms with Crippen LogP contribution in [-0.2, 0) is 14.3 Å². The number of carboxylic acids is 1. The SMILES string of the molecule is CC1(C)C(C=C(F)C(=O)OC2CC2)C1C(=O)O. The first-order chi connectivity index (χ1) is 7.84. The molecule has 0 spiro atoms. The first-order valence-corrected chi connectivity index (χ1v) is 5.65. The summed E-state index contributed by atoms with van der Waals surface area (Å²) < 4.78 is 18.2. The fourth-order valence-electron chi connectivity index (χ4n) is 2.08. The number of carbonyl (C=O) groups is 2. The topological polar surface area (TPSA) is 63.6 Å². The van der Waals surface area contributed by atoms with Crippen molar-refractivity contribution < 1.29 is 23.8 Å². The number of aliphatic carboxylic acids is 1. The van der Waals surface area contributed by atoms with Crippen molar-refractivity contribution in [2.24, 2.45) is 17.3 Å². The van der Waals surface area contributed by atoms with Crippen molar-refractivity contribution >= 4 is 11.9 Å². The van der Waals surface area contributed by atoms with E-state index in [9.17, 15) is 14.0 Å². The van der Waals surface area contributed by atoms with E-state index < -0.39 is 35.0 Å². The van der Waals surface area contributed by atoms with E-state index in [0.29, 0.717) is 0 Å². The Hall–Kier alpha value is -1.39. The summed E-state index contributed by atoms with van der Waals surface area (Å²) in [6, 6.07) is 0. The quantitative estimate of drug-likeness (QED) is 0.604. The van der Waals surface area contributed by atoms with Gasteiger partial charge in [-0.25, -0.2) is 4.79 Å². The van der Waals surface area contributed by atoms with E-state index >= 15 is 0 Å². The molecule has 2 atom stereocenters. The molecule has 0 amide bonds. The molecule has 0 radical (unpaired) electrons. The van der Waals surface area contributed by atoms with Gasteiger partial charge < -0.3 is 9.84 Å². The minimum atomic E-state index is -0.973. The third-order valence-corrected chi connectivity index (χ3v) is 3.50. The maximum absolute atomic E-state index is 13.4. The molecule has 2 unspecified atom stereocenters. The maximum atomic E-state index is 13.4. The molecule has 5 heteroatoms. The van der Waals surface area contributed by atoms with Crippen LogP contribution in [0.4, 0.5) is 4.39 Å². The highest BCUT2D eigenvalue weighted by Crippen LogP contribution is 2.59. The molecule has 0 aliphatic heterocycles. The Morgan fingerprint density at radius 1 is 1.41 bits per heavy atom. The molecule has 0 aromatic heterocycles. The van der Waals surface area contributed by atoms with Gasteiger partial charge in [0.1, 0.15) is 6.10 Å². The van der Waals surface area contributed by atoms with Gasteiger partial charge in [0.15, 0.2) is 0 Å². The molecule has 0 saturated heterocycles. The molecule has 94 valence electrons. The summed E-state index contributed by atoms with van der Waals surface area (Å²) in [6.07, 6.45) is 2.50. The number of esters is 1. The second-order valence-electron chi connectivity index (χ2n) is 5.28. The van der Waals surface area contributed by atoms with E-state index in [1.165, 1.54) is 0 Å². The molecule has 0 bridgehead atoms. The number of hydrogen-bond acceptors (Lipinski definition) is 3. The molecule has 2 fully saturated rings. The smallest absolute Gasteiger partial charge is 0.367 e. The van der Waals surface area contributed by atoms with Gasteiger partial charge in [0, 0.05) is 0 Å². The predicted molar refractivity (Wildman–Crippen MR) is 56.7 cm³/mol. The molecule has 2 aliphatic carbocycles. The highest BCUT2D eigenvalue weighted by molar-refractivity contribution is 5.87. The van der Waals surface area contributed by atoms with Gasteiger partial charge in [0.25, 0.3) is 0 Å². The van der Waals surface area contributed by atoms with Gasteiger partial charge in [-0.2, -0.15) is 4.39 Å². The lowest BCUT2D eigenvalue weighted by Crippen LogP contribution is -2.07. The number of rotatable bonds is 4. The molecular weight excluding hydrogens is 227 g/mol. The molecule has 0 aromatic carbocycles. The molecule has 4 nitrogen and oxygen atoms in total. The fraction of sp³-hybridized carbons (Fsp3) is 0.667. The Labute approximate surface area is 98.4 Å². The van der Waals surface area contributed by atoms with E-state index in [2.05, 4.69) is 0 Å². The highest BCUT2D eigenvalue weighted by Gasteiger charge is 2.61. The van der Waals surface area contributed by atoms with Crippen LogP contribution in [0.1, 0.15) is 26.7 Å². The van der Waals surface area contributed by atoms with Gasteiger partial charge in [-0.05, 0) is 30.3 Å². The molecular formula is C12H15FO4. The minimum absolute atomic E-state index is 0.149. The van der Waals surface area contributed by atoms with Gasteiger partial charge in [0.05, 0.1) is 5.92 Å². The molecule has 2 saturated carbocycles. The van der Waals surface area contributed by atoms with E-state index in [0.717, 1.165) is 18.9 Å². The Balaban J connectivity index is 1.99. The van der Waals surface area contributed by atoms with Gasteiger partial charge in [-0.3, -0.25) is 4.79 Å². The van der Waals surface area contributed by atoms with E-state index in [1.807, 2.05) is 0 Å². The van der Waals surface area contributed by atoms with Crippen molar-refractivity contribution in [3.8, 4) is 0 Å². The van der Waals surface area contributed by atoms with Crippen molar-refractivity contribution in [1.29, 1.82) is 0 Å². The summed E-state index contributed by atoms with van der Waals surface area (Å²) in [5, 5.41) is 8.90. The fourth-order valence-corrected chi connectivity index (χ4v) is 2.08. The largest absolute Gasteiger partial charge is 0.481 e. The number of allylic oxidation sites excluding steroid dienone is 1. The van der Waals surface area contributed by atoms with Crippen LogP contribution in [-0.4, -0.2) is 23.1 Å². The van der Waals surface area contributed by atoms with Gasteiger partial charge in [0.2, 0.25) is 5.83 Å². The van der Waals surface area contributed by atoms with Crippen molar-refractivity contribution in [2.45, 2.75) is 32.8 Å². The first kappa shape index (κ1) is 12.1. The molecule has 2 aliphatic rings. The summed E-state index contributed by atoms with van der Waals surface area (Å²) in [5.41, 5.74) is -0.497. The average molecular weight is 242 g/mol. The molecule has 0 aromatic rings. The second-order valence-corrected chi connectivity index (χ2v) is 5.28. The maximum Gasteiger partial charge on any atom is 0.367 e. The lowest BCUT2D eigenvalue weighted by molar-refractivity contribution is -0.142. The zero-order valence-corrected chi connectivity index (χ0v) is 9.77. The number of carbonyl (C=O) groups excluding carboxylic acids is 1. The van der Waals surface area contributed by atoms with Crippen LogP contribution in [0, 0.1) is 17.3 Å². The molecule has 1 N–H and O–H groups in total. The Bertz CT molecular complexity index is 395. The minimum Gasteiger partial charge on any atom is -0.481 e. The van der Waals surface area contributed by atoms with Crippen LogP contribution in [0.3, 0.4) is 0 Å². The van der Waals surface area contributed by atoms with Gasteiger partial charge >= 0.3 is 11.9 Å². The number of ether oxygens (including phenoxy) is 1. The van der Waals surface area contributed by atoms with Crippen LogP contribution in [0.5, 0.6) is 0 Å². The predicted octanol–water partition coefficient (Wildman–Crippen LogP) is 1.90. The van der Waals surface area contributed by atoms with E-state index in [-0.39, 0.29) is 6.10 Å². The van der Waals surface area contributed by atoms with Crippen molar-refractivity contribution in [2.75, 3.05) is 0 Å². The lowest BCUT2D eigenvalue weighted by atomic mass is 10.1. The summed E-state index contributed by atoms with van der Waals surface area (Å²) in [6.45, 7) is 3.49. The monoisotopic (exact) mass is 242 g/mol. The Morgan fingerprint density at radius 3 is 2.41 bits per heavy atom. The zero-order valence-electron chi connectivity index (χ0n) is 9.77.